The number of aliphatic hydroxyl groups is 1. The highest BCUT2D eigenvalue weighted by Crippen LogP contribution is 2.25. The molecule has 1 unspecified atom stereocenters. The number of rotatable bonds is 5. The van der Waals surface area contributed by atoms with Crippen molar-refractivity contribution >= 4 is 11.6 Å². The molecule has 1 heterocycles. The summed E-state index contributed by atoms with van der Waals surface area (Å²) >= 11 is 6.25. The van der Waals surface area contributed by atoms with E-state index in [1.807, 2.05) is 25.2 Å². The van der Waals surface area contributed by atoms with Gasteiger partial charge in [-0.2, -0.15) is 0 Å². The monoisotopic (exact) mass is 282 g/mol. The number of halogens is 1. The van der Waals surface area contributed by atoms with Crippen LogP contribution in [0.4, 0.5) is 0 Å². The fourth-order valence-electron chi connectivity index (χ4n) is 2.67. The normalized spacial score (nSPS) is 19.5. The van der Waals surface area contributed by atoms with Gasteiger partial charge in [0, 0.05) is 24.2 Å². The van der Waals surface area contributed by atoms with Gasteiger partial charge in [0.25, 0.3) is 0 Å². The molecule has 0 radical (unpaired) electrons. The summed E-state index contributed by atoms with van der Waals surface area (Å²) in [7, 11) is 1.98. The molecule has 106 valence electrons. The summed E-state index contributed by atoms with van der Waals surface area (Å²) in [5.41, 5.74) is 1.17. The van der Waals surface area contributed by atoms with Crippen LogP contribution >= 0.6 is 11.6 Å². The molecule has 0 aliphatic carbocycles. The molecule has 19 heavy (non-hydrogen) atoms. The van der Waals surface area contributed by atoms with Gasteiger partial charge in [-0.3, -0.25) is 0 Å². The van der Waals surface area contributed by atoms with Gasteiger partial charge in [-0.05, 0) is 44.5 Å². The van der Waals surface area contributed by atoms with Crippen molar-refractivity contribution in [2.24, 2.45) is 0 Å². The summed E-state index contributed by atoms with van der Waals surface area (Å²) in [6.07, 6.45) is 2.74. The van der Waals surface area contributed by atoms with E-state index in [0.29, 0.717) is 6.04 Å². The Hall–Kier alpha value is -0.610. The lowest BCUT2D eigenvalue weighted by Gasteiger charge is -2.30. The quantitative estimate of drug-likeness (QED) is 0.871. The Labute approximate surface area is 120 Å². The molecule has 0 aromatic heterocycles. The number of likely N-dealkylation sites (tertiary alicyclic amines) is 1. The summed E-state index contributed by atoms with van der Waals surface area (Å²) < 4.78 is 0. The number of aliphatic hydroxyl groups excluding tert-OH is 1. The van der Waals surface area contributed by atoms with Gasteiger partial charge in [0.15, 0.2) is 0 Å². The van der Waals surface area contributed by atoms with Gasteiger partial charge in [0.1, 0.15) is 0 Å². The molecular weight excluding hydrogens is 260 g/mol. The SMILES string of the molecule is CNC(CCN1CCC(O)CC1)c1ccccc1Cl. The van der Waals surface area contributed by atoms with E-state index < -0.39 is 0 Å². The van der Waals surface area contributed by atoms with Crippen LogP contribution in [0, 0.1) is 0 Å². The van der Waals surface area contributed by atoms with Crippen LogP contribution in [0.15, 0.2) is 24.3 Å². The fraction of sp³-hybridized carbons (Fsp3) is 0.600. The van der Waals surface area contributed by atoms with E-state index in [1.165, 1.54) is 5.56 Å². The number of hydrogen-bond acceptors (Lipinski definition) is 3. The van der Waals surface area contributed by atoms with Crippen LogP contribution < -0.4 is 5.32 Å². The molecule has 1 aromatic carbocycles. The first-order chi connectivity index (χ1) is 9.20. The van der Waals surface area contributed by atoms with E-state index >= 15 is 0 Å². The molecule has 0 bridgehead atoms. The van der Waals surface area contributed by atoms with Crippen LogP contribution in [0.25, 0.3) is 0 Å². The number of piperidine rings is 1. The maximum absolute atomic E-state index is 9.51. The highest BCUT2D eigenvalue weighted by atomic mass is 35.5. The summed E-state index contributed by atoms with van der Waals surface area (Å²) in [6.45, 7) is 3.05. The first-order valence-corrected chi connectivity index (χ1v) is 7.40. The first kappa shape index (κ1) is 14.8. The fourth-order valence-corrected chi connectivity index (χ4v) is 2.94. The van der Waals surface area contributed by atoms with Crippen molar-refractivity contribution in [3.8, 4) is 0 Å². The molecule has 1 aromatic rings. The molecule has 1 atom stereocenters. The topological polar surface area (TPSA) is 35.5 Å². The lowest BCUT2D eigenvalue weighted by atomic mass is 10.0. The Morgan fingerprint density at radius 3 is 2.68 bits per heavy atom. The third kappa shape index (κ3) is 4.18. The Morgan fingerprint density at radius 2 is 2.05 bits per heavy atom. The van der Waals surface area contributed by atoms with Crippen LogP contribution in [0.3, 0.4) is 0 Å². The molecule has 1 aliphatic rings. The third-order valence-electron chi connectivity index (χ3n) is 3.92. The van der Waals surface area contributed by atoms with Gasteiger partial charge >= 0.3 is 0 Å². The molecule has 4 heteroatoms. The van der Waals surface area contributed by atoms with Gasteiger partial charge < -0.3 is 15.3 Å². The Morgan fingerprint density at radius 1 is 1.37 bits per heavy atom. The highest BCUT2D eigenvalue weighted by molar-refractivity contribution is 6.31. The van der Waals surface area contributed by atoms with Crippen LogP contribution in [-0.2, 0) is 0 Å². The van der Waals surface area contributed by atoms with Crippen molar-refractivity contribution in [3.63, 3.8) is 0 Å². The molecule has 0 amide bonds. The Kier molecular flexibility index (Phi) is 5.64. The largest absolute Gasteiger partial charge is 0.393 e. The number of hydrogen-bond donors (Lipinski definition) is 2. The lowest BCUT2D eigenvalue weighted by Crippen LogP contribution is -2.37. The molecule has 1 saturated heterocycles. The van der Waals surface area contributed by atoms with E-state index in [1.54, 1.807) is 0 Å². The molecule has 1 fully saturated rings. The maximum atomic E-state index is 9.51. The average molecular weight is 283 g/mol. The number of nitrogens with zero attached hydrogens (tertiary/aromatic N) is 1. The average Bonchev–Trinajstić information content (AvgIpc) is 2.43. The van der Waals surface area contributed by atoms with Crippen molar-refractivity contribution < 1.29 is 5.11 Å². The molecule has 0 spiro atoms. The van der Waals surface area contributed by atoms with Crippen LogP contribution in [0.2, 0.25) is 5.02 Å². The summed E-state index contributed by atoms with van der Waals surface area (Å²) in [5.74, 6) is 0. The molecule has 1 aliphatic heterocycles. The van der Waals surface area contributed by atoms with E-state index in [9.17, 15) is 5.11 Å². The third-order valence-corrected chi connectivity index (χ3v) is 4.26. The number of benzene rings is 1. The van der Waals surface area contributed by atoms with E-state index in [2.05, 4.69) is 16.3 Å². The second-order valence-electron chi connectivity index (χ2n) is 5.22. The predicted molar refractivity (Wildman–Crippen MR) is 79.6 cm³/mol. The van der Waals surface area contributed by atoms with Crippen LogP contribution in [-0.4, -0.2) is 42.8 Å². The zero-order valence-corrected chi connectivity index (χ0v) is 12.2. The second-order valence-corrected chi connectivity index (χ2v) is 5.63. The van der Waals surface area contributed by atoms with Crippen molar-refractivity contribution in [3.05, 3.63) is 34.9 Å². The van der Waals surface area contributed by atoms with Gasteiger partial charge in [0.05, 0.1) is 6.10 Å². The lowest BCUT2D eigenvalue weighted by molar-refractivity contribution is 0.0807. The second kappa shape index (κ2) is 7.25. The van der Waals surface area contributed by atoms with Gasteiger partial charge in [0.2, 0.25) is 0 Å². The Bertz CT molecular complexity index is 391. The number of nitrogens with one attached hydrogen (secondary N) is 1. The minimum absolute atomic E-state index is 0.0973. The predicted octanol–water partition coefficient (Wildman–Crippen LogP) is 2.45. The molecule has 2 rings (SSSR count). The van der Waals surface area contributed by atoms with Crippen LogP contribution in [0.1, 0.15) is 30.9 Å². The van der Waals surface area contributed by atoms with Crippen LogP contribution in [0.5, 0.6) is 0 Å². The zero-order valence-electron chi connectivity index (χ0n) is 11.5. The van der Waals surface area contributed by atoms with Crippen molar-refractivity contribution in [2.45, 2.75) is 31.4 Å². The smallest absolute Gasteiger partial charge is 0.0564 e. The molecular formula is C15H23ClN2O. The van der Waals surface area contributed by atoms with E-state index in [0.717, 1.165) is 43.9 Å². The maximum Gasteiger partial charge on any atom is 0.0564 e. The van der Waals surface area contributed by atoms with Crippen molar-refractivity contribution in [2.75, 3.05) is 26.7 Å². The Balaban J connectivity index is 1.88. The van der Waals surface area contributed by atoms with Gasteiger partial charge in [-0.1, -0.05) is 29.8 Å². The minimum Gasteiger partial charge on any atom is -0.393 e. The zero-order chi connectivity index (χ0) is 13.7. The summed E-state index contributed by atoms with van der Waals surface area (Å²) in [4.78, 5) is 2.42. The molecule has 0 saturated carbocycles. The van der Waals surface area contributed by atoms with Crippen molar-refractivity contribution in [1.29, 1.82) is 0 Å². The summed E-state index contributed by atoms with van der Waals surface area (Å²) in [6, 6.07) is 8.32. The first-order valence-electron chi connectivity index (χ1n) is 7.03. The minimum atomic E-state index is -0.0973. The highest BCUT2D eigenvalue weighted by Gasteiger charge is 2.19. The summed E-state index contributed by atoms with van der Waals surface area (Å²) in [5, 5.41) is 13.7. The molecule has 2 N–H and O–H groups in total. The van der Waals surface area contributed by atoms with E-state index in [-0.39, 0.29) is 6.10 Å². The van der Waals surface area contributed by atoms with E-state index in [4.69, 9.17) is 11.6 Å². The standard InChI is InChI=1S/C15H23ClN2O/c1-17-15(13-4-2-3-5-14(13)16)8-11-18-9-6-12(19)7-10-18/h2-5,12,15,17,19H,6-11H2,1H3. The van der Waals surface area contributed by atoms with Crippen molar-refractivity contribution in [1.82, 2.24) is 10.2 Å². The van der Waals surface area contributed by atoms with Gasteiger partial charge in [-0.15, -0.1) is 0 Å². The molecule has 3 nitrogen and oxygen atoms in total. The van der Waals surface area contributed by atoms with Gasteiger partial charge in [-0.25, -0.2) is 0 Å².